The first-order valence-electron chi connectivity index (χ1n) is 6.30. The highest BCUT2D eigenvalue weighted by atomic mass is 19.4. The number of hydrogen-bond acceptors (Lipinski definition) is 3. The summed E-state index contributed by atoms with van der Waals surface area (Å²) < 4.78 is 39.9. The zero-order valence-electron chi connectivity index (χ0n) is 11.3. The number of aliphatic hydroxyl groups is 1. The largest absolute Gasteiger partial charge is 0.573 e. The van der Waals surface area contributed by atoms with Gasteiger partial charge in [0.05, 0.1) is 11.8 Å². The van der Waals surface area contributed by atoms with Crippen molar-refractivity contribution >= 4 is 0 Å². The minimum Gasteiger partial charge on any atom is -0.406 e. The molecule has 0 aliphatic heterocycles. The third-order valence-electron chi connectivity index (χ3n) is 2.84. The summed E-state index contributed by atoms with van der Waals surface area (Å²) in [7, 11) is 0. The van der Waals surface area contributed by atoms with Gasteiger partial charge in [0.25, 0.3) is 0 Å². The summed E-state index contributed by atoms with van der Waals surface area (Å²) in [6.07, 6.45) is -5.24. The summed E-state index contributed by atoms with van der Waals surface area (Å²) in [6.45, 7) is 1.82. The van der Waals surface area contributed by atoms with Crippen molar-refractivity contribution < 1.29 is 23.0 Å². The standard InChI is InChI=1S/C15H14F3NO2/c1-10-3-2-4-13(19-10)14(20)9-11-5-7-12(8-6-11)21-15(16,17)18/h2-8,14,20H,9H2,1H3. The maximum atomic E-state index is 12.0. The Bertz CT molecular complexity index is 597. The minimum atomic E-state index is -4.70. The van der Waals surface area contributed by atoms with Gasteiger partial charge in [0.2, 0.25) is 0 Å². The van der Waals surface area contributed by atoms with E-state index in [4.69, 9.17) is 0 Å². The van der Waals surface area contributed by atoms with E-state index in [0.29, 0.717) is 11.3 Å². The topological polar surface area (TPSA) is 42.4 Å². The van der Waals surface area contributed by atoms with Crippen LogP contribution >= 0.6 is 0 Å². The quantitative estimate of drug-likeness (QED) is 0.938. The maximum Gasteiger partial charge on any atom is 0.573 e. The van der Waals surface area contributed by atoms with E-state index in [-0.39, 0.29) is 12.2 Å². The molecule has 0 fully saturated rings. The number of aliphatic hydroxyl groups excluding tert-OH is 1. The fraction of sp³-hybridized carbons (Fsp3) is 0.267. The van der Waals surface area contributed by atoms with Crippen LogP contribution in [-0.2, 0) is 6.42 Å². The van der Waals surface area contributed by atoms with Crippen molar-refractivity contribution in [3.63, 3.8) is 0 Å². The molecule has 1 N–H and O–H groups in total. The molecule has 1 unspecified atom stereocenters. The molecule has 2 rings (SSSR count). The van der Waals surface area contributed by atoms with E-state index in [9.17, 15) is 18.3 Å². The Morgan fingerprint density at radius 3 is 2.38 bits per heavy atom. The number of aromatic nitrogens is 1. The van der Waals surface area contributed by atoms with Crippen molar-refractivity contribution in [2.45, 2.75) is 25.8 Å². The summed E-state index contributed by atoms with van der Waals surface area (Å²) in [6, 6.07) is 10.7. The molecule has 0 saturated heterocycles. The molecule has 1 aromatic carbocycles. The summed E-state index contributed by atoms with van der Waals surface area (Å²) in [5.41, 5.74) is 2.02. The number of aryl methyl sites for hydroxylation is 1. The van der Waals surface area contributed by atoms with Crippen LogP contribution in [0, 0.1) is 6.92 Å². The lowest BCUT2D eigenvalue weighted by atomic mass is 10.0. The van der Waals surface area contributed by atoms with E-state index in [1.54, 1.807) is 12.1 Å². The van der Waals surface area contributed by atoms with Crippen LogP contribution in [-0.4, -0.2) is 16.5 Å². The van der Waals surface area contributed by atoms with Crippen molar-refractivity contribution in [2.24, 2.45) is 0 Å². The van der Waals surface area contributed by atoms with Crippen LogP contribution in [0.4, 0.5) is 13.2 Å². The number of halogens is 3. The number of ether oxygens (including phenoxy) is 1. The molecule has 0 aliphatic rings. The molecule has 0 spiro atoms. The van der Waals surface area contributed by atoms with Gasteiger partial charge in [0, 0.05) is 12.1 Å². The van der Waals surface area contributed by atoms with E-state index < -0.39 is 12.5 Å². The van der Waals surface area contributed by atoms with Gasteiger partial charge in [-0.05, 0) is 36.8 Å². The lowest BCUT2D eigenvalue weighted by molar-refractivity contribution is -0.274. The molecule has 0 aliphatic carbocycles. The number of alkyl halides is 3. The highest BCUT2D eigenvalue weighted by Crippen LogP contribution is 2.24. The number of hydrogen-bond donors (Lipinski definition) is 1. The SMILES string of the molecule is Cc1cccc(C(O)Cc2ccc(OC(F)(F)F)cc2)n1. The normalized spacial score (nSPS) is 13.0. The van der Waals surface area contributed by atoms with Crippen molar-refractivity contribution in [3.05, 3.63) is 59.4 Å². The third-order valence-corrected chi connectivity index (χ3v) is 2.84. The molecule has 1 atom stereocenters. The van der Waals surface area contributed by atoms with Crippen LogP contribution in [0.3, 0.4) is 0 Å². The summed E-state index contributed by atoms with van der Waals surface area (Å²) in [4.78, 5) is 4.21. The van der Waals surface area contributed by atoms with E-state index in [2.05, 4.69) is 9.72 Å². The van der Waals surface area contributed by atoms with E-state index in [0.717, 1.165) is 5.69 Å². The number of benzene rings is 1. The van der Waals surface area contributed by atoms with Gasteiger partial charge in [-0.15, -0.1) is 13.2 Å². The molecule has 1 heterocycles. The van der Waals surface area contributed by atoms with Gasteiger partial charge in [-0.2, -0.15) is 0 Å². The lowest BCUT2D eigenvalue weighted by Crippen LogP contribution is -2.17. The van der Waals surface area contributed by atoms with Gasteiger partial charge in [-0.3, -0.25) is 4.98 Å². The molecule has 1 aromatic heterocycles. The van der Waals surface area contributed by atoms with Crippen LogP contribution in [0.15, 0.2) is 42.5 Å². The smallest absolute Gasteiger partial charge is 0.406 e. The van der Waals surface area contributed by atoms with Crippen LogP contribution < -0.4 is 4.74 Å². The molecule has 0 radical (unpaired) electrons. The monoisotopic (exact) mass is 297 g/mol. The second kappa shape index (κ2) is 6.13. The molecular weight excluding hydrogens is 283 g/mol. The third kappa shape index (κ3) is 4.75. The molecule has 0 amide bonds. The highest BCUT2D eigenvalue weighted by molar-refractivity contribution is 5.28. The van der Waals surface area contributed by atoms with Gasteiger partial charge in [0.1, 0.15) is 5.75 Å². The molecule has 6 heteroatoms. The first-order chi connectivity index (χ1) is 9.83. The van der Waals surface area contributed by atoms with Crippen molar-refractivity contribution in [1.82, 2.24) is 4.98 Å². The Kier molecular flexibility index (Phi) is 4.47. The first kappa shape index (κ1) is 15.3. The Labute approximate surface area is 120 Å². The minimum absolute atomic E-state index is 0.267. The zero-order valence-corrected chi connectivity index (χ0v) is 11.3. The van der Waals surface area contributed by atoms with Gasteiger partial charge in [-0.25, -0.2) is 0 Å². The lowest BCUT2D eigenvalue weighted by Gasteiger charge is -2.12. The zero-order chi connectivity index (χ0) is 15.5. The fourth-order valence-electron chi connectivity index (χ4n) is 1.90. The van der Waals surface area contributed by atoms with E-state index in [1.165, 1.54) is 24.3 Å². The Morgan fingerprint density at radius 1 is 1.14 bits per heavy atom. The highest BCUT2D eigenvalue weighted by Gasteiger charge is 2.30. The average molecular weight is 297 g/mol. The molecule has 0 bridgehead atoms. The predicted molar refractivity (Wildman–Crippen MR) is 70.8 cm³/mol. The molecule has 21 heavy (non-hydrogen) atoms. The van der Waals surface area contributed by atoms with Crippen LogP contribution in [0.2, 0.25) is 0 Å². The average Bonchev–Trinajstić information content (AvgIpc) is 2.39. The fourth-order valence-corrected chi connectivity index (χ4v) is 1.90. The van der Waals surface area contributed by atoms with Gasteiger partial charge in [0.15, 0.2) is 0 Å². The maximum absolute atomic E-state index is 12.0. The van der Waals surface area contributed by atoms with E-state index >= 15 is 0 Å². The molecule has 2 aromatic rings. The number of pyridine rings is 1. The first-order valence-corrected chi connectivity index (χ1v) is 6.30. The number of nitrogens with zero attached hydrogens (tertiary/aromatic N) is 1. The Morgan fingerprint density at radius 2 is 1.81 bits per heavy atom. The van der Waals surface area contributed by atoms with Gasteiger partial charge >= 0.3 is 6.36 Å². The summed E-state index contributed by atoms with van der Waals surface area (Å²) in [5, 5.41) is 10.1. The van der Waals surface area contributed by atoms with Crippen LogP contribution in [0.5, 0.6) is 5.75 Å². The van der Waals surface area contributed by atoms with Crippen molar-refractivity contribution in [1.29, 1.82) is 0 Å². The van der Waals surface area contributed by atoms with E-state index in [1.807, 2.05) is 13.0 Å². The predicted octanol–water partition coefficient (Wildman–Crippen LogP) is 3.56. The van der Waals surface area contributed by atoms with Crippen LogP contribution in [0.1, 0.15) is 23.1 Å². The molecule has 3 nitrogen and oxygen atoms in total. The van der Waals surface area contributed by atoms with Crippen LogP contribution in [0.25, 0.3) is 0 Å². The van der Waals surface area contributed by atoms with Crippen molar-refractivity contribution in [3.8, 4) is 5.75 Å². The summed E-state index contributed by atoms with van der Waals surface area (Å²) >= 11 is 0. The molecule has 112 valence electrons. The second-order valence-corrected chi connectivity index (χ2v) is 4.62. The number of rotatable bonds is 4. The molecule has 0 saturated carbocycles. The summed E-state index contributed by atoms with van der Waals surface area (Å²) in [5.74, 6) is -0.283. The van der Waals surface area contributed by atoms with Crippen molar-refractivity contribution in [2.75, 3.05) is 0 Å². The van der Waals surface area contributed by atoms with Gasteiger partial charge < -0.3 is 9.84 Å². The Balaban J connectivity index is 2.03. The van der Waals surface area contributed by atoms with Gasteiger partial charge in [-0.1, -0.05) is 18.2 Å². The Hall–Kier alpha value is -2.08. The molecular formula is C15H14F3NO2. The second-order valence-electron chi connectivity index (χ2n) is 4.62.